The van der Waals surface area contributed by atoms with Crippen LogP contribution < -0.4 is 0 Å². The predicted molar refractivity (Wildman–Crippen MR) is 79.9 cm³/mol. The van der Waals surface area contributed by atoms with Gasteiger partial charge in [0.05, 0.1) is 25.7 Å². The molecule has 0 saturated carbocycles. The number of aliphatic carboxylic acids is 1. The van der Waals surface area contributed by atoms with Crippen molar-refractivity contribution in [3.8, 4) is 0 Å². The van der Waals surface area contributed by atoms with Crippen LogP contribution in [0, 0.1) is 5.92 Å². The first-order chi connectivity index (χ1) is 9.61. The molecule has 0 amide bonds. The highest BCUT2D eigenvalue weighted by Gasteiger charge is 2.15. The van der Waals surface area contributed by atoms with Gasteiger partial charge in [0.15, 0.2) is 0 Å². The number of ether oxygens (including phenoxy) is 1. The third-order valence-electron chi connectivity index (χ3n) is 3.32. The number of carbonyl (C=O) groups is 1. The number of carboxylic acid groups (broad SMARTS) is 1. The molecular weight excluding hydrogens is 258 g/mol. The molecule has 0 rings (SSSR count). The Bertz CT molecular complexity index is 236. The monoisotopic (exact) mass is 289 g/mol. The van der Waals surface area contributed by atoms with E-state index in [1.165, 1.54) is 25.7 Å². The highest BCUT2D eigenvalue weighted by atomic mass is 16.5. The summed E-state index contributed by atoms with van der Waals surface area (Å²) in [6.45, 7) is 7.06. The normalized spacial score (nSPS) is 12.8. The average Bonchev–Trinajstić information content (AvgIpc) is 2.42. The Morgan fingerprint density at radius 1 is 1.15 bits per heavy atom. The Balaban J connectivity index is 3.94. The van der Waals surface area contributed by atoms with Crippen LogP contribution in [0.25, 0.3) is 0 Å². The first-order valence-electron chi connectivity index (χ1n) is 7.75. The molecule has 0 aliphatic rings. The highest BCUT2D eigenvalue weighted by Crippen LogP contribution is 2.06. The zero-order valence-electron chi connectivity index (χ0n) is 13.0. The molecule has 0 heterocycles. The Morgan fingerprint density at radius 3 is 2.45 bits per heavy atom. The highest BCUT2D eigenvalue weighted by molar-refractivity contribution is 5.69. The maximum absolute atomic E-state index is 10.9. The third kappa shape index (κ3) is 11.2. The zero-order chi connectivity index (χ0) is 15.2. The summed E-state index contributed by atoms with van der Waals surface area (Å²) in [7, 11) is 0. The summed E-state index contributed by atoms with van der Waals surface area (Å²) in [6.07, 6.45) is 6.05. The lowest BCUT2D eigenvalue weighted by molar-refractivity contribution is -0.141. The van der Waals surface area contributed by atoms with Crippen LogP contribution in [0.4, 0.5) is 0 Å². The van der Waals surface area contributed by atoms with Crippen molar-refractivity contribution >= 4 is 5.97 Å². The van der Waals surface area contributed by atoms with Crippen LogP contribution in [-0.2, 0) is 9.53 Å². The zero-order valence-corrected chi connectivity index (χ0v) is 13.0. The molecule has 0 fully saturated rings. The smallest absolute Gasteiger partial charge is 0.307 e. The fraction of sp³-hybridized carbons (Fsp3) is 0.933. The van der Waals surface area contributed by atoms with Gasteiger partial charge in [-0.3, -0.25) is 4.79 Å². The van der Waals surface area contributed by atoms with Gasteiger partial charge in [-0.15, -0.1) is 0 Å². The molecule has 0 aliphatic heterocycles. The van der Waals surface area contributed by atoms with Crippen LogP contribution in [0.2, 0.25) is 0 Å². The minimum absolute atomic E-state index is 0.0303. The van der Waals surface area contributed by atoms with E-state index in [9.17, 15) is 4.79 Å². The molecule has 1 unspecified atom stereocenters. The molecule has 0 spiro atoms. The maximum atomic E-state index is 10.9. The quantitative estimate of drug-likeness (QED) is 0.479. The van der Waals surface area contributed by atoms with Crippen LogP contribution >= 0.6 is 0 Å². The van der Waals surface area contributed by atoms with E-state index in [0.29, 0.717) is 19.8 Å². The SMILES string of the molecule is CCCCCCCN(CCOCCO)CC(C)C(=O)O. The van der Waals surface area contributed by atoms with Crippen LogP contribution in [0.3, 0.4) is 0 Å². The van der Waals surface area contributed by atoms with Gasteiger partial charge < -0.3 is 19.8 Å². The summed E-state index contributed by atoms with van der Waals surface area (Å²) >= 11 is 0. The van der Waals surface area contributed by atoms with Gasteiger partial charge in [0, 0.05) is 13.1 Å². The van der Waals surface area contributed by atoms with E-state index in [0.717, 1.165) is 19.5 Å². The fourth-order valence-corrected chi connectivity index (χ4v) is 2.06. The third-order valence-corrected chi connectivity index (χ3v) is 3.32. The Labute approximate surface area is 122 Å². The second-order valence-corrected chi connectivity index (χ2v) is 5.29. The van der Waals surface area contributed by atoms with E-state index in [1.807, 2.05) is 0 Å². The maximum Gasteiger partial charge on any atom is 0.307 e. The van der Waals surface area contributed by atoms with Crippen molar-refractivity contribution in [1.29, 1.82) is 0 Å². The molecule has 5 nitrogen and oxygen atoms in total. The van der Waals surface area contributed by atoms with Crippen molar-refractivity contribution in [2.75, 3.05) is 39.5 Å². The van der Waals surface area contributed by atoms with E-state index in [1.54, 1.807) is 6.92 Å². The van der Waals surface area contributed by atoms with E-state index in [4.69, 9.17) is 14.9 Å². The molecule has 2 N–H and O–H groups in total. The molecule has 0 aromatic heterocycles. The molecule has 0 aliphatic carbocycles. The van der Waals surface area contributed by atoms with Gasteiger partial charge in [0.1, 0.15) is 0 Å². The summed E-state index contributed by atoms with van der Waals surface area (Å²) in [6, 6.07) is 0. The molecule has 0 aromatic rings. The van der Waals surface area contributed by atoms with E-state index in [2.05, 4.69) is 11.8 Å². The Kier molecular flexibility index (Phi) is 12.9. The largest absolute Gasteiger partial charge is 0.481 e. The Morgan fingerprint density at radius 2 is 1.85 bits per heavy atom. The Hall–Kier alpha value is -0.650. The first kappa shape index (κ1) is 19.4. The van der Waals surface area contributed by atoms with Crippen LogP contribution in [-0.4, -0.2) is 60.5 Å². The molecule has 5 heteroatoms. The minimum Gasteiger partial charge on any atom is -0.481 e. The number of nitrogens with zero attached hydrogens (tertiary/aromatic N) is 1. The van der Waals surface area contributed by atoms with Gasteiger partial charge in [-0.2, -0.15) is 0 Å². The van der Waals surface area contributed by atoms with Crippen molar-refractivity contribution in [1.82, 2.24) is 4.90 Å². The van der Waals surface area contributed by atoms with Crippen molar-refractivity contribution in [3.05, 3.63) is 0 Å². The first-order valence-corrected chi connectivity index (χ1v) is 7.75. The van der Waals surface area contributed by atoms with Crippen LogP contribution in [0.5, 0.6) is 0 Å². The second kappa shape index (κ2) is 13.3. The molecule has 0 radical (unpaired) electrons. The number of hydrogen-bond acceptors (Lipinski definition) is 4. The van der Waals surface area contributed by atoms with E-state index in [-0.39, 0.29) is 12.5 Å². The summed E-state index contributed by atoms with van der Waals surface area (Å²) in [5.41, 5.74) is 0. The predicted octanol–water partition coefficient (Wildman–Crippen LogP) is 1.99. The van der Waals surface area contributed by atoms with Gasteiger partial charge in [-0.25, -0.2) is 0 Å². The molecular formula is C15H31NO4. The van der Waals surface area contributed by atoms with Gasteiger partial charge in [-0.05, 0) is 13.0 Å². The lowest BCUT2D eigenvalue weighted by atomic mass is 10.1. The van der Waals surface area contributed by atoms with Gasteiger partial charge >= 0.3 is 5.97 Å². The minimum atomic E-state index is -0.753. The summed E-state index contributed by atoms with van der Waals surface area (Å²) in [4.78, 5) is 13.1. The van der Waals surface area contributed by atoms with E-state index < -0.39 is 5.97 Å². The van der Waals surface area contributed by atoms with Gasteiger partial charge in [-0.1, -0.05) is 39.5 Å². The lowest BCUT2D eigenvalue weighted by Crippen LogP contribution is -2.35. The molecule has 120 valence electrons. The fourth-order valence-electron chi connectivity index (χ4n) is 2.06. The van der Waals surface area contributed by atoms with Crippen molar-refractivity contribution in [2.24, 2.45) is 5.92 Å². The molecule has 0 bridgehead atoms. The van der Waals surface area contributed by atoms with Crippen molar-refractivity contribution in [2.45, 2.75) is 46.0 Å². The number of aliphatic hydroxyl groups excluding tert-OH is 1. The lowest BCUT2D eigenvalue weighted by Gasteiger charge is -2.24. The van der Waals surface area contributed by atoms with Crippen molar-refractivity contribution in [3.63, 3.8) is 0 Å². The van der Waals surface area contributed by atoms with Gasteiger partial charge in [0.2, 0.25) is 0 Å². The van der Waals surface area contributed by atoms with Crippen LogP contribution in [0.1, 0.15) is 46.0 Å². The van der Waals surface area contributed by atoms with Crippen molar-refractivity contribution < 1.29 is 19.7 Å². The number of rotatable bonds is 14. The average molecular weight is 289 g/mol. The van der Waals surface area contributed by atoms with E-state index >= 15 is 0 Å². The number of aliphatic hydroxyl groups is 1. The van der Waals surface area contributed by atoms with Crippen LogP contribution in [0.15, 0.2) is 0 Å². The standard InChI is InChI=1S/C15H31NO4/c1-3-4-5-6-7-8-16(9-11-20-12-10-17)13-14(2)15(18)19/h14,17H,3-13H2,1-2H3,(H,18,19). The summed E-state index contributed by atoms with van der Waals surface area (Å²) in [5.74, 6) is -1.11. The summed E-state index contributed by atoms with van der Waals surface area (Å²) < 4.78 is 5.26. The molecule has 1 atom stereocenters. The molecule has 0 aromatic carbocycles. The number of unbranched alkanes of at least 4 members (excludes halogenated alkanes) is 4. The number of hydrogen-bond donors (Lipinski definition) is 2. The second-order valence-electron chi connectivity index (χ2n) is 5.29. The summed E-state index contributed by atoms with van der Waals surface area (Å²) in [5, 5.41) is 17.6. The van der Waals surface area contributed by atoms with Gasteiger partial charge in [0.25, 0.3) is 0 Å². The number of carboxylic acids is 1. The molecule has 20 heavy (non-hydrogen) atoms. The topological polar surface area (TPSA) is 70.0 Å². The molecule has 0 saturated heterocycles.